The van der Waals surface area contributed by atoms with Crippen LogP contribution < -0.4 is 10.6 Å². The van der Waals surface area contributed by atoms with E-state index in [-0.39, 0.29) is 45.1 Å². The number of hydrogen-bond donors (Lipinski definition) is 3. The first kappa shape index (κ1) is 25.4. The molecule has 5 heterocycles. The van der Waals surface area contributed by atoms with E-state index in [1.54, 1.807) is 19.5 Å². The molecular formula is C20H24MoN9O4S-. The fourth-order valence-corrected chi connectivity index (χ4v) is 5.69. The Bertz CT molecular complexity index is 1130. The van der Waals surface area contributed by atoms with Crippen LogP contribution in [0.2, 0.25) is 0 Å². The number of amides is 2. The summed E-state index contributed by atoms with van der Waals surface area (Å²) >= 11 is 1.28. The van der Waals surface area contributed by atoms with Crippen LogP contribution >= 0.6 is 11.8 Å². The molecule has 2 saturated heterocycles. The van der Waals surface area contributed by atoms with E-state index in [1.807, 2.05) is 10.9 Å². The largest absolute Gasteiger partial charge is 0.490 e. The van der Waals surface area contributed by atoms with E-state index in [1.165, 1.54) is 27.7 Å². The standard InChI is InChI=1S/C20H24N9O4S.Mo/c1-11(24-16(30)9-28-10-22-25-26-28)17-14-4-15(18(20(32)33)29(14)19(17)31)34-13-6-23-27(8-13)7-12-2-3-21-5-12;/h4,6,8,10-12,14,17,21H,2-3,5,7,9H2,1H3,(H,24,30)(H,32,33);/q-1;/t11-,12-,14-,17-;/m1./s1. The molecule has 0 spiro atoms. The van der Waals surface area contributed by atoms with Gasteiger partial charge >= 0.3 is 0 Å². The number of rotatable bonds is 9. The number of nitrogens with one attached hydrogen (secondary N) is 2. The SMILES string of the molecule is C[C@@H](NC(=O)Cn1cnnn1)[C@H]1C(=O)N2C(C(=O)O)=C(Sc3cnn(C[C@@H]4CCNC4)c3)[CH-][C@H]12.[Mo]. The Hall–Kier alpha value is -2.70. The molecule has 15 heteroatoms. The van der Waals surface area contributed by atoms with Gasteiger partial charge in [-0.2, -0.15) is 11.5 Å². The summed E-state index contributed by atoms with van der Waals surface area (Å²) in [6.07, 6.45) is 7.84. The van der Waals surface area contributed by atoms with Gasteiger partial charge in [0.2, 0.25) is 11.8 Å². The predicted octanol–water partition coefficient (Wildman–Crippen LogP) is -0.885. The molecule has 5 rings (SSSR count). The van der Waals surface area contributed by atoms with Crippen molar-refractivity contribution in [3.63, 3.8) is 0 Å². The molecule has 3 N–H and O–H groups in total. The number of nitrogens with zero attached hydrogens (tertiary/aromatic N) is 7. The van der Waals surface area contributed by atoms with Gasteiger partial charge in [0, 0.05) is 44.7 Å². The summed E-state index contributed by atoms with van der Waals surface area (Å²) in [6.45, 7) is 4.45. The van der Waals surface area contributed by atoms with Crippen molar-refractivity contribution in [3.8, 4) is 0 Å². The molecule has 0 saturated carbocycles. The van der Waals surface area contributed by atoms with Crippen LogP contribution in [0.4, 0.5) is 0 Å². The summed E-state index contributed by atoms with van der Waals surface area (Å²) in [5.41, 5.74) is -0.0313. The molecule has 0 aromatic carbocycles. The van der Waals surface area contributed by atoms with E-state index in [0.29, 0.717) is 10.8 Å². The zero-order valence-corrected chi connectivity index (χ0v) is 21.6. The number of carboxylic acid groups (broad SMARTS) is 1. The van der Waals surface area contributed by atoms with Crippen molar-refractivity contribution in [1.82, 2.24) is 45.5 Å². The Morgan fingerprint density at radius 3 is 2.91 bits per heavy atom. The number of β-lactam (4-membered cyclic amide) rings is 1. The number of carbonyl (C=O) groups is 3. The number of fused-ring (bicyclic) bond motifs is 1. The average Bonchev–Trinajstić information content (AvgIpc) is 3.57. The molecule has 4 atom stereocenters. The van der Waals surface area contributed by atoms with Crippen LogP contribution in [0.5, 0.6) is 0 Å². The molecule has 186 valence electrons. The number of carbonyl (C=O) groups excluding carboxylic acids is 2. The maximum atomic E-state index is 12.9. The Balaban J connectivity index is 0.00000289. The Kier molecular flexibility index (Phi) is 7.62. The van der Waals surface area contributed by atoms with Gasteiger partial charge in [0.15, 0.2) is 0 Å². The van der Waals surface area contributed by atoms with Crippen molar-refractivity contribution in [1.29, 1.82) is 0 Å². The normalized spacial score (nSPS) is 23.9. The molecule has 13 nitrogen and oxygen atoms in total. The van der Waals surface area contributed by atoms with Crippen LogP contribution in [0.3, 0.4) is 0 Å². The van der Waals surface area contributed by atoms with Gasteiger partial charge in [0.05, 0.1) is 12.1 Å². The summed E-state index contributed by atoms with van der Waals surface area (Å²) in [7, 11) is 0. The van der Waals surface area contributed by atoms with Crippen LogP contribution in [0.25, 0.3) is 0 Å². The third-order valence-electron chi connectivity index (χ3n) is 6.26. The van der Waals surface area contributed by atoms with Gasteiger partial charge in [-0.1, -0.05) is 0 Å². The average molecular weight is 582 g/mol. The summed E-state index contributed by atoms with van der Waals surface area (Å²) in [4.78, 5) is 39.8. The van der Waals surface area contributed by atoms with Gasteiger partial charge < -0.3 is 20.6 Å². The number of aliphatic carboxylic acids is 1. The molecule has 3 aliphatic heterocycles. The maximum Gasteiger partial charge on any atom is 0.269 e. The van der Waals surface area contributed by atoms with Gasteiger partial charge in [0.25, 0.3) is 5.97 Å². The smallest absolute Gasteiger partial charge is 0.269 e. The minimum Gasteiger partial charge on any atom is -0.490 e. The van der Waals surface area contributed by atoms with Gasteiger partial charge in [-0.15, -0.1) is 21.8 Å². The molecular weight excluding hydrogens is 558 g/mol. The first-order valence-electron chi connectivity index (χ1n) is 11.0. The summed E-state index contributed by atoms with van der Waals surface area (Å²) in [6, 6.07) is -0.916. The second-order valence-corrected chi connectivity index (χ2v) is 9.75. The zero-order valence-electron chi connectivity index (χ0n) is 18.8. The predicted molar refractivity (Wildman–Crippen MR) is 118 cm³/mol. The van der Waals surface area contributed by atoms with E-state index < -0.39 is 24.0 Å². The van der Waals surface area contributed by atoms with E-state index in [9.17, 15) is 19.5 Å². The Morgan fingerprint density at radius 1 is 1.40 bits per heavy atom. The van der Waals surface area contributed by atoms with Crippen LogP contribution in [0, 0.1) is 18.3 Å². The summed E-state index contributed by atoms with van der Waals surface area (Å²) in [5, 5.41) is 31.0. The Morgan fingerprint density at radius 2 is 2.23 bits per heavy atom. The van der Waals surface area contributed by atoms with Crippen molar-refractivity contribution >= 4 is 29.5 Å². The minimum atomic E-state index is -1.16. The zero-order chi connectivity index (χ0) is 23.8. The van der Waals surface area contributed by atoms with Crippen molar-refractivity contribution in [2.75, 3.05) is 13.1 Å². The maximum absolute atomic E-state index is 12.9. The van der Waals surface area contributed by atoms with Crippen LogP contribution in [0.1, 0.15) is 13.3 Å². The summed E-state index contributed by atoms with van der Waals surface area (Å²) < 4.78 is 3.15. The summed E-state index contributed by atoms with van der Waals surface area (Å²) in [5.74, 6) is -1.85. The molecule has 0 unspecified atom stereocenters. The quantitative estimate of drug-likeness (QED) is 0.192. The number of carboxylic acids is 1. The molecule has 2 aromatic heterocycles. The van der Waals surface area contributed by atoms with Gasteiger partial charge in [0.1, 0.15) is 12.9 Å². The van der Waals surface area contributed by atoms with Gasteiger partial charge in [-0.3, -0.25) is 19.1 Å². The van der Waals surface area contributed by atoms with Crippen molar-refractivity contribution in [2.45, 2.75) is 43.4 Å². The van der Waals surface area contributed by atoms with Crippen LogP contribution in [-0.4, -0.2) is 83.0 Å². The molecule has 2 aromatic rings. The molecule has 3 aliphatic rings. The molecule has 2 fully saturated rings. The van der Waals surface area contributed by atoms with Crippen LogP contribution in [0.15, 0.2) is 34.2 Å². The second-order valence-electron chi connectivity index (χ2n) is 8.63. The molecule has 35 heavy (non-hydrogen) atoms. The molecule has 2 amide bonds. The van der Waals surface area contributed by atoms with E-state index in [2.05, 4.69) is 31.3 Å². The fourth-order valence-electron chi connectivity index (χ4n) is 4.67. The van der Waals surface area contributed by atoms with E-state index in [4.69, 9.17) is 0 Å². The van der Waals surface area contributed by atoms with E-state index >= 15 is 0 Å². The monoisotopic (exact) mass is 584 g/mol. The first-order chi connectivity index (χ1) is 16.4. The van der Waals surface area contributed by atoms with Gasteiger partial charge in [-0.25, -0.2) is 4.68 Å². The number of aromatic nitrogens is 6. The molecule has 0 aliphatic carbocycles. The number of tetrazole rings is 1. The first-order valence-corrected chi connectivity index (χ1v) is 11.8. The molecule has 0 bridgehead atoms. The van der Waals surface area contributed by atoms with Crippen LogP contribution in [-0.2, 0) is 48.5 Å². The Labute approximate surface area is 219 Å². The van der Waals surface area contributed by atoms with Crippen molar-refractivity contribution in [3.05, 3.63) is 35.7 Å². The van der Waals surface area contributed by atoms with Crippen molar-refractivity contribution in [2.24, 2.45) is 11.8 Å². The number of hydrogen-bond acceptors (Lipinski definition) is 9. The second kappa shape index (κ2) is 10.5. The van der Waals surface area contributed by atoms with E-state index in [0.717, 1.165) is 31.0 Å². The topological polar surface area (TPSA) is 160 Å². The third-order valence-corrected chi connectivity index (χ3v) is 7.25. The molecule has 0 radical (unpaired) electrons. The fraction of sp³-hybridized carbons (Fsp3) is 0.500. The minimum absolute atomic E-state index is 0. The third kappa shape index (κ3) is 5.14. The number of thioether (sulfide) groups is 1. The van der Waals surface area contributed by atoms with Gasteiger partial charge in [-0.05, 0) is 54.5 Å². The van der Waals surface area contributed by atoms with Crippen molar-refractivity contribution < 1.29 is 40.6 Å².